The lowest BCUT2D eigenvalue weighted by atomic mass is 9.83. The maximum Gasteiger partial charge on any atom is 0.331 e. The van der Waals surface area contributed by atoms with E-state index < -0.39 is 35.0 Å². The molecule has 186 valence electrons. The minimum absolute atomic E-state index is 0.106. The first-order valence-electron chi connectivity index (χ1n) is 11.9. The molecule has 0 N–H and O–H groups in total. The summed E-state index contributed by atoms with van der Waals surface area (Å²) in [5, 5.41) is 0. The zero-order chi connectivity index (χ0) is 25.5. The lowest BCUT2D eigenvalue weighted by Crippen LogP contribution is -2.51. The number of cyclic esters (lactones) is 2. The summed E-state index contributed by atoms with van der Waals surface area (Å²) in [5.74, 6) is -3.68. The lowest BCUT2D eigenvalue weighted by molar-refractivity contribution is -0.238. The summed E-state index contributed by atoms with van der Waals surface area (Å²) < 4.78 is 22.9. The zero-order valence-corrected chi connectivity index (χ0v) is 21.2. The monoisotopic (exact) mass is 480 g/mol. The van der Waals surface area contributed by atoms with Crippen molar-refractivity contribution in [2.45, 2.75) is 78.8 Å². The molecule has 1 atom stereocenters. The van der Waals surface area contributed by atoms with Crippen LogP contribution >= 0.6 is 0 Å². The number of esters is 2. The number of carbonyl (C=O) groups excluding carboxylic acids is 3. The van der Waals surface area contributed by atoms with Gasteiger partial charge in [-0.15, -0.1) is 0 Å². The molecule has 0 amide bonds. The largest absolute Gasteiger partial charge is 0.488 e. The first kappa shape index (κ1) is 24.8. The lowest BCUT2D eigenvalue weighted by Gasteiger charge is -2.39. The highest BCUT2D eigenvalue weighted by Gasteiger charge is 2.49. The molecule has 2 heterocycles. The van der Waals surface area contributed by atoms with E-state index in [0.717, 1.165) is 39.3 Å². The molecule has 2 aromatic carbocycles. The third-order valence-corrected chi connectivity index (χ3v) is 6.82. The normalized spacial score (nSPS) is 21.4. The average Bonchev–Trinajstić information content (AvgIpc) is 2.76. The van der Waals surface area contributed by atoms with Crippen LogP contribution < -0.4 is 9.47 Å². The van der Waals surface area contributed by atoms with E-state index in [4.69, 9.17) is 18.9 Å². The molecule has 1 saturated heterocycles. The van der Waals surface area contributed by atoms with Gasteiger partial charge in [0.1, 0.15) is 23.7 Å². The summed E-state index contributed by atoms with van der Waals surface area (Å²) in [6, 6.07) is 10.0. The number of ether oxygens (including phenoxy) is 4. The van der Waals surface area contributed by atoms with Crippen LogP contribution in [0.5, 0.6) is 11.5 Å². The minimum Gasteiger partial charge on any atom is -0.488 e. The maximum atomic E-state index is 13.0. The fourth-order valence-electron chi connectivity index (χ4n) is 4.81. The third-order valence-electron chi connectivity index (χ3n) is 6.82. The van der Waals surface area contributed by atoms with Gasteiger partial charge in [-0.1, -0.05) is 30.3 Å². The van der Waals surface area contributed by atoms with E-state index in [-0.39, 0.29) is 6.42 Å². The third kappa shape index (κ3) is 4.90. The second-order valence-corrected chi connectivity index (χ2v) is 10.2. The number of hydrogen-bond donors (Lipinski definition) is 0. The molecule has 0 unspecified atom stereocenters. The molecule has 7 heteroatoms. The molecule has 0 spiro atoms. The molecule has 2 aromatic rings. The molecule has 1 fully saturated rings. The number of Topliss-reactive ketones (excluding diaryl/α,β-unsaturated/α-hetero) is 1. The first-order valence-corrected chi connectivity index (χ1v) is 11.9. The van der Waals surface area contributed by atoms with E-state index in [1.165, 1.54) is 13.8 Å². The standard InChI is InChI=1S/C28H32O7/c1-16-17(2)24-20(18(3)23(16)32-15-19-10-8-7-9-11-19)12-13-28(6,33-24)14-21(29)22-25(30)34-27(4,5)35-26(22)31/h7-11,22H,12-15H2,1-6H3/t28-/m0/s1. The second kappa shape index (κ2) is 9.02. The van der Waals surface area contributed by atoms with Crippen LogP contribution in [-0.2, 0) is 36.9 Å². The van der Waals surface area contributed by atoms with Gasteiger partial charge in [-0.05, 0) is 62.8 Å². The Hall–Kier alpha value is -3.35. The number of rotatable bonds is 6. The van der Waals surface area contributed by atoms with Crippen LogP contribution in [0.3, 0.4) is 0 Å². The molecule has 0 saturated carbocycles. The van der Waals surface area contributed by atoms with Crippen molar-refractivity contribution in [3.8, 4) is 11.5 Å². The number of hydrogen-bond acceptors (Lipinski definition) is 7. The summed E-state index contributed by atoms with van der Waals surface area (Å²) in [6.45, 7) is 11.2. The van der Waals surface area contributed by atoms with Crippen LogP contribution in [0, 0.1) is 26.7 Å². The van der Waals surface area contributed by atoms with Crippen LogP contribution in [-0.4, -0.2) is 29.1 Å². The fraction of sp³-hybridized carbons (Fsp3) is 0.464. The molecule has 35 heavy (non-hydrogen) atoms. The number of ketones is 1. The number of benzene rings is 2. The van der Waals surface area contributed by atoms with Crippen molar-refractivity contribution >= 4 is 17.7 Å². The summed E-state index contributed by atoms with van der Waals surface area (Å²) >= 11 is 0. The quantitative estimate of drug-likeness (QED) is 0.438. The van der Waals surface area contributed by atoms with Crippen LogP contribution in [0.25, 0.3) is 0 Å². The van der Waals surface area contributed by atoms with Gasteiger partial charge in [-0.25, -0.2) is 0 Å². The van der Waals surface area contributed by atoms with Gasteiger partial charge in [-0.2, -0.15) is 0 Å². The molecule has 2 aliphatic rings. The SMILES string of the molecule is Cc1c(C)c2c(c(C)c1OCc1ccccc1)CC[C@@](C)(CC(=O)C1C(=O)OC(C)(C)OC1=O)O2. The summed E-state index contributed by atoms with van der Waals surface area (Å²) in [4.78, 5) is 37.7. The van der Waals surface area contributed by atoms with Crippen molar-refractivity contribution < 1.29 is 33.3 Å². The molecule has 2 aliphatic heterocycles. The van der Waals surface area contributed by atoms with Crippen molar-refractivity contribution in [2.75, 3.05) is 0 Å². The van der Waals surface area contributed by atoms with E-state index >= 15 is 0 Å². The van der Waals surface area contributed by atoms with Gasteiger partial charge < -0.3 is 18.9 Å². The van der Waals surface area contributed by atoms with E-state index in [9.17, 15) is 14.4 Å². The van der Waals surface area contributed by atoms with E-state index in [1.54, 1.807) is 0 Å². The summed E-state index contributed by atoms with van der Waals surface area (Å²) in [7, 11) is 0. The van der Waals surface area contributed by atoms with Crippen molar-refractivity contribution in [3.05, 3.63) is 58.1 Å². The van der Waals surface area contributed by atoms with Gasteiger partial charge in [0.2, 0.25) is 5.92 Å². The van der Waals surface area contributed by atoms with Crippen molar-refractivity contribution in [2.24, 2.45) is 5.92 Å². The van der Waals surface area contributed by atoms with E-state index in [2.05, 4.69) is 0 Å². The highest BCUT2D eigenvalue weighted by molar-refractivity contribution is 6.16. The highest BCUT2D eigenvalue weighted by Crippen LogP contribution is 2.45. The van der Waals surface area contributed by atoms with Gasteiger partial charge in [-0.3, -0.25) is 14.4 Å². The molecule has 0 bridgehead atoms. The van der Waals surface area contributed by atoms with E-state index in [1.807, 2.05) is 58.0 Å². The Balaban J connectivity index is 1.53. The number of carbonyl (C=O) groups is 3. The molecular formula is C28H32O7. The Labute approximate surface area is 205 Å². The van der Waals surface area contributed by atoms with Crippen molar-refractivity contribution in [1.29, 1.82) is 0 Å². The molecule has 4 rings (SSSR count). The van der Waals surface area contributed by atoms with Gasteiger partial charge in [0.25, 0.3) is 5.79 Å². The minimum atomic E-state index is -1.58. The molecular weight excluding hydrogens is 448 g/mol. The van der Waals surface area contributed by atoms with E-state index in [0.29, 0.717) is 19.4 Å². The average molecular weight is 481 g/mol. The Bertz CT molecular complexity index is 1160. The zero-order valence-electron chi connectivity index (χ0n) is 21.2. The molecule has 0 aromatic heterocycles. The Morgan fingerprint density at radius 3 is 2.20 bits per heavy atom. The highest BCUT2D eigenvalue weighted by atomic mass is 16.7. The maximum absolute atomic E-state index is 13.0. The Morgan fingerprint density at radius 2 is 1.57 bits per heavy atom. The van der Waals surface area contributed by atoms with Gasteiger partial charge >= 0.3 is 11.9 Å². The molecule has 0 aliphatic carbocycles. The van der Waals surface area contributed by atoms with Crippen molar-refractivity contribution in [3.63, 3.8) is 0 Å². The fourth-order valence-corrected chi connectivity index (χ4v) is 4.81. The van der Waals surface area contributed by atoms with Gasteiger partial charge in [0, 0.05) is 25.8 Å². The second-order valence-electron chi connectivity index (χ2n) is 10.2. The predicted octanol–water partition coefficient (Wildman–Crippen LogP) is 4.69. The number of fused-ring (bicyclic) bond motifs is 1. The van der Waals surface area contributed by atoms with Crippen LogP contribution in [0.2, 0.25) is 0 Å². The Kier molecular flexibility index (Phi) is 6.38. The smallest absolute Gasteiger partial charge is 0.331 e. The Morgan fingerprint density at radius 1 is 0.943 bits per heavy atom. The summed E-state index contributed by atoms with van der Waals surface area (Å²) in [5.41, 5.74) is 4.23. The topological polar surface area (TPSA) is 88.1 Å². The predicted molar refractivity (Wildman–Crippen MR) is 128 cm³/mol. The summed E-state index contributed by atoms with van der Waals surface area (Å²) in [6.07, 6.45) is 1.13. The van der Waals surface area contributed by atoms with Crippen LogP contribution in [0.4, 0.5) is 0 Å². The molecule has 0 radical (unpaired) electrons. The molecule has 7 nitrogen and oxygen atoms in total. The first-order chi connectivity index (χ1) is 16.4. The van der Waals surface area contributed by atoms with Crippen LogP contribution in [0.1, 0.15) is 61.4 Å². The van der Waals surface area contributed by atoms with Gasteiger partial charge in [0.05, 0.1) is 0 Å². The van der Waals surface area contributed by atoms with Crippen LogP contribution in [0.15, 0.2) is 30.3 Å². The van der Waals surface area contributed by atoms with Crippen molar-refractivity contribution in [1.82, 2.24) is 0 Å². The van der Waals surface area contributed by atoms with Gasteiger partial charge in [0.15, 0.2) is 5.78 Å².